The molecule has 2 amide bonds. The number of nitrogens with two attached hydrogens (primary N) is 1. The van der Waals surface area contributed by atoms with Gasteiger partial charge in [-0.15, -0.1) is 23.2 Å². The first-order valence-corrected chi connectivity index (χ1v) is 12.6. The summed E-state index contributed by atoms with van der Waals surface area (Å²) in [5, 5.41) is 5.40. The summed E-state index contributed by atoms with van der Waals surface area (Å²) in [6.07, 6.45) is 2.27. The van der Waals surface area contributed by atoms with E-state index in [-0.39, 0.29) is 31.3 Å². The zero-order valence-electron chi connectivity index (χ0n) is 18.5. The summed E-state index contributed by atoms with van der Waals surface area (Å²) in [5.74, 6) is -4.10. The lowest BCUT2D eigenvalue weighted by atomic mass is 10.1. The highest BCUT2D eigenvalue weighted by Crippen LogP contribution is 2.65. The van der Waals surface area contributed by atoms with Gasteiger partial charge in [0.1, 0.15) is 11.0 Å². The summed E-state index contributed by atoms with van der Waals surface area (Å²) in [7, 11) is 0. The van der Waals surface area contributed by atoms with E-state index < -0.39 is 51.9 Å². The minimum absolute atomic E-state index is 0.00455. The molecule has 2 atom stereocenters. The Morgan fingerprint density at radius 3 is 2.27 bits per heavy atom. The predicted molar refractivity (Wildman–Crippen MR) is 146 cm³/mol. The molecule has 0 spiro atoms. The van der Waals surface area contributed by atoms with E-state index >= 15 is 0 Å². The van der Waals surface area contributed by atoms with Crippen LogP contribution in [0, 0.1) is 5.92 Å². The Hall–Kier alpha value is -2.00. The van der Waals surface area contributed by atoms with Gasteiger partial charge in [0, 0.05) is 11.6 Å². The Morgan fingerprint density at radius 1 is 1.08 bits per heavy atom. The fraction of sp³-hybridized carbons (Fsp3) is 0.167. The molecule has 0 radical (unpaired) electrons. The molecule has 4 N–H and O–H groups in total. The van der Waals surface area contributed by atoms with E-state index in [4.69, 9.17) is 75.3 Å². The number of nitrogens with one attached hydrogen (secondary N) is 2. The average molecular weight is 630 g/mol. The predicted octanol–water partition coefficient (Wildman–Crippen LogP) is 7.74. The molecule has 2 aromatic carbocycles. The summed E-state index contributed by atoms with van der Waals surface area (Å²) in [5.41, 5.74) is 4.73. The van der Waals surface area contributed by atoms with Crippen LogP contribution in [0.15, 0.2) is 66.3 Å². The number of hydrogen-bond donors (Lipinski definition) is 3. The first kappa shape index (κ1) is 29.6. The number of rotatable bonds is 8. The highest BCUT2D eigenvalue weighted by Gasteiger charge is 2.67. The smallest absolute Gasteiger partial charge is 0.257 e. The van der Waals surface area contributed by atoms with Crippen LogP contribution in [0.5, 0.6) is 0 Å². The molecule has 1 aliphatic carbocycles. The molecule has 0 unspecified atom stereocenters. The van der Waals surface area contributed by atoms with E-state index in [0.717, 1.165) is 6.08 Å². The monoisotopic (exact) mass is 627 g/mol. The third-order valence-corrected chi connectivity index (χ3v) is 7.84. The van der Waals surface area contributed by atoms with Gasteiger partial charge in [0.2, 0.25) is 5.91 Å². The fourth-order valence-electron chi connectivity index (χ4n) is 3.53. The van der Waals surface area contributed by atoms with Crippen molar-refractivity contribution in [2.75, 3.05) is 12.0 Å². The minimum Gasteiger partial charge on any atom is -0.397 e. The van der Waals surface area contributed by atoms with E-state index in [1.807, 2.05) is 0 Å². The zero-order chi connectivity index (χ0) is 27.7. The molecule has 3 rings (SSSR count). The lowest BCUT2D eigenvalue weighted by Gasteiger charge is -2.12. The molecule has 1 saturated carbocycles. The van der Waals surface area contributed by atoms with Crippen molar-refractivity contribution in [1.82, 2.24) is 5.32 Å². The lowest BCUT2D eigenvalue weighted by Crippen LogP contribution is -2.25. The highest BCUT2D eigenvalue weighted by molar-refractivity contribution is 6.54. The summed E-state index contributed by atoms with van der Waals surface area (Å²) in [6.45, 7) is 2.15. The maximum Gasteiger partial charge on any atom is 0.257 e. The van der Waals surface area contributed by atoms with Gasteiger partial charge in [-0.05, 0) is 42.0 Å². The van der Waals surface area contributed by atoms with Crippen molar-refractivity contribution in [2.24, 2.45) is 11.7 Å². The molecule has 0 saturated heterocycles. The van der Waals surface area contributed by atoms with Gasteiger partial charge >= 0.3 is 0 Å². The minimum atomic E-state index is -1.46. The molecule has 196 valence electrons. The van der Waals surface area contributed by atoms with Crippen LogP contribution in [0.1, 0.15) is 21.8 Å². The molecule has 13 heteroatoms. The Labute approximate surface area is 241 Å². The second kappa shape index (κ2) is 11.8. The van der Waals surface area contributed by atoms with Crippen LogP contribution in [-0.2, 0) is 4.79 Å². The second-order valence-electron chi connectivity index (χ2n) is 7.86. The topological polar surface area (TPSA) is 84.2 Å². The Balaban J connectivity index is 1.82. The maximum absolute atomic E-state index is 14.3. The lowest BCUT2D eigenvalue weighted by molar-refractivity contribution is -0.117. The van der Waals surface area contributed by atoms with Gasteiger partial charge in [-0.25, -0.2) is 8.78 Å². The van der Waals surface area contributed by atoms with Crippen molar-refractivity contribution < 1.29 is 18.4 Å². The molecule has 1 aliphatic rings. The Kier molecular flexibility index (Phi) is 9.43. The number of halogens is 8. The van der Waals surface area contributed by atoms with Crippen molar-refractivity contribution in [3.63, 3.8) is 0 Å². The molecule has 1 fully saturated rings. The van der Waals surface area contributed by atoms with Crippen molar-refractivity contribution in [2.45, 2.75) is 10.3 Å². The summed E-state index contributed by atoms with van der Waals surface area (Å²) in [4.78, 5) is 25.8. The van der Waals surface area contributed by atoms with E-state index in [0.29, 0.717) is 5.56 Å². The molecule has 5 nitrogen and oxygen atoms in total. The van der Waals surface area contributed by atoms with Gasteiger partial charge in [0.05, 0.1) is 43.0 Å². The first-order chi connectivity index (χ1) is 17.3. The normalized spacial score (nSPS) is 19.1. The molecule has 0 aliphatic heterocycles. The van der Waals surface area contributed by atoms with Gasteiger partial charge in [0.25, 0.3) is 5.91 Å². The van der Waals surface area contributed by atoms with Gasteiger partial charge in [-0.2, -0.15) is 0 Å². The number of amides is 2. The van der Waals surface area contributed by atoms with Crippen LogP contribution >= 0.6 is 69.6 Å². The van der Waals surface area contributed by atoms with Crippen LogP contribution in [0.2, 0.25) is 20.1 Å². The number of anilines is 1. The molecule has 0 heterocycles. The van der Waals surface area contributed by atoms with Crippen LogP contribution in [0.4, 0.5) is 14.5 Å². The zero-order valence-corrected chi connectivity index (χ0v) is 23.1. The number of carbonyl (C=O) groups excluding carboxylic acids is 2. The molecular weight excluding hydrogens is 613 g/mol. The largest absolute Gasteiger partial charge is 0.397 e. The third kappa shape index (κ3) is 6.36. The fourth-order valence-corrected chi connectivity index (χ4v) is 5.17. The average Bonchev–Trinajstić information content (AvgIpc) is 3.43. The molecule has 0 aromatic heterocycles. The number of allylic oxidation sites excluding steroid dienone is 4. The molecule has 2 aromatic rings. The van der Waals surface area contributed by atoms with Gasteiger partial charge in [0.15, 0.2) is 5.83 Å². The van der Waals surface area contributed by atoms with Crippen molar-refractivity contribution in [3.05, 3.63) is 97.5 Å². The Morgan fingerprint density at radius 2 is 1.70 bits per heavy atom. The van der Waals surface area contributed by atoms with E-state index in [1.165, 1.54) is 36.4 Å². The number of carbonyl (C=O) groups is 2. The van der Waals surface area contributed by atoms with Crippen LogP contribution in [0.25, 0.3) is 0 Å². The molecule has 37 heavy (non-hydrogen) atoms. The second-order valence-corrected chi connectivity index (χ2v) is 10.9. The standard InChI is InChI=1S/C24H17Cl6F2N3O2/c1-2-3-17(21(32)16(33)9-31)35-22(36)12-8-11(4-5-13(12)25)34-23(37)19-18(24(19,29)30)10-6-14(26)20(28)15(27)7-10/h2-8,18-19H,1,9,33H2,(H,34,37)(H,35,36)/b17-3+,21-16-/t18-,19+/m0/s1. The number of benzene rings is 2. The highest BCUT2D eigenvalue weighted by atomic mass is 35.5. The van der Waals surface area contributed by atoms with E-state index in [2.05, 4.69) is 17.2 Å². The summed E-state index contributed by atoms with van der Waals surface area (Å²) >= 11 is 37.1. The SMILES string of the molecule is C=C/C=C(NC(=O)c1cc(NC(=O)[C@H]2[C@H](c3cc(Cl)c(Cl)c(Cl)c3)C2(Cl)Cl)ccc1Cl)\C(F)=C(\N)CF. The van der Waals surface area contributed by atoms with Gasteiger partial charge in [-0.1, -0.05) is 59.1 Å². The number of alkyl halides is 3. The van der Waals surface area contributed by atoms with Crippen molar-refractivity contribution in [1.29, 1.82) is 0 Å². The Bertz CT molecular complexity index is 1320. The summed E-state index contributed by atoms with van der Waals surface area (Å²) in [6, 6.07) is 7.10. The van der Waals surface area contributed by atoms with E-state index in [9.17, 15) is 18.4 Å². The van der Waals surface area contributed by atoms with Gasteiger partial charge < -0.3 is 16.4 Å². The third-order valence-electron chi connectivity index (χ3n) is 5.37. The van der Waals surface area contributed by atoms with Crippen LogP contribution in [-0.4, -0.2) is 22.8 Å². The van der Waals surface area contributed by atoms with Crippen molar-refractivity contribution >= 4 is 87.1 Å². The van der Waals surface area contributed by atoms with Crippen LogP contribution in [0.3, 0.4) is 0 Å². The first-order valence-electron chi connectivity index (χ1n) is 10.3. The molecule has 0 bridgehead atoms. The molecular formula is C24H17Cl6F2N3O2. The van der Waals surface area contributed by atoms with E-state index in [1.54, 1.807) is 0 Å². The maximum atomic E-state index is 14.3. The van der Waals surface area contributed by atoms with Crippen LogP contribution < -0.4 is 16.4 Å². The summed E-state index contributed by atoms with van der Waals surface area (Å²) < 4.78 is 25.6. The van der Waals surface area contributed by atoms with Gasteiger partial charge in [-0.3, -0.25) is 9.59 Å². The van der Waals surface area contributed by atoms with Crippen molar-refractivity contribution in [3.8, 4) is 0 Å². The quantitative estimate of drug-likeness (QED) is 0.159. The number of hydrogen-bond acceptors (Lipinski definition) is 3.